The van der Waals surface area contributed by atoms with E-state index in [2.05, 4.69) is 6.92 Å². The average molecular weight is 285 g/mol. The molecule has 2 rings (SSSR count). The van der Waals surface area contributed by atoms with Crippen LogP contribution in [0.15, 0.2) is 12.1 Å². The summed E-state index contributed by atoms with van der Waals surface area (Å²) in [6.45, 7) is 2.15. The molecule has 2 unspecified atom stereocenters. The fraction of sp³-hybridized carbons (Fsp3) is 0.600. The Morgan fingerprint density at radius 1 is 1.37 bits per heavy atom. The molecule has 19 heavy (non-hydrogen) atoms. The molecule has 2 atom stereocenters. The topological polar surface area (TPSA) is 38.7 Å². The van der Waals surface area contributed by atoms with E-state index in [1.165, 1.54) is 12.8 Å². The van der Waals surface area contributed by atoms with E-state index in [0.29, 0.717) is 28.0 Å². The first-order chi connectivity index (χ1) is 9.13. The zero-order valence-electron chi connectivity index (χ0n) is 11.5. The first-order valence-electron chi connectivity index (χ1n) is 6.78. The van der Waals surface area contributed by atoms with E-state index < -0.39 is 0 Å². The Labute approximate surface area is 119 Å². The molecule has 1 fully saturated rings. The number of hydrogen-bond acceptors (Lipinski definition) is 3. The van der Waals surface area contributed by atoms with Crippen molar-refractivity contribution < 1.29 is 14.6 Å². The summed E-state index contributed by atoms with van der Waals surface area (Å²) >= 11 is 6.00. The number of aliphatic hydroxyl groups excluding tert-OH is 1. The Morgan fingerprint density at radius 3 is 2.79 bits per heavy atom. The Morgan fingerprint density at radius 2 is 2.16 bits per heavy atom. The third kappa shape index (κ3) is 3.54. The summed E-state index contributed by atoms with van der Waals surface area (Å²) in [6, 6.07) is 3.45. The van der Waals surface area contributed by atoms with Gasteiger partial charge in [0.1, 0.15) is 0 Å². The van der Waals surface area contributed by atoms with Crippen LogP contribution in [-0.2, 0) is 6.61 Å². The summed E-state index contributed by atoms with van der Waals surface area (Å²) in [6.07, 6.45) is 4.77. The summed E-state index contributed by atoms with van der Waals surface area (Å²) in [5, 5.41) is 10.00. The number of halogens is 1. The fourth-order valence-corrected chi connectivity index (χ4v) is 2.91. The normalized spacial score (nSPS) is 23.2. The number of methoxy groups -OCH3 is 1. The summed E-state index contributed by atoms with van der Waals surface area (Å²) in [4.78, 5) is 0. The molecule has 4 heteroatoms. The van der Waals surface area contributed by atoms with E-state index in [-0.39, 0.29) is 12.7 Å². The highest BCUT2D eigenvalue weighted by molar-refractivity contribution is 6.30. The van der Waals surface area contributed by atoms with E-state index in [4.69, 9.17) is 21.1 Å². The Bertz CT molecular complexity index is 408. The van der Waals surface area contributed by atoms with E-state index >= 15 is 0 Å². The molecule has 0 saturated heterocycles. The lowest BCUT2D eigenvalue weighted by molar-refractivity contribution is 0.121. The molecule has 1 aromatic rings. The third-order valence-electron chi connectivity index (χ3n) is 3.66. The van der Waals surface area contributed by atoms with Crippen molar-refractivity contribution in [3.63, 3.8) is 0 Å². The quantitative estimate of drug-likeness (QED) is 0.914. The van der Waals surface area contributed by atoms with Gasteiger partial charge in [-0.2, -0.15) is 0 Å². The van der Waals surface area contributed by atoms with Gasteiger partial charge in [-0.25, -0.2) is 0 Å². The van der Waals surface area contributed by atoms with Crippen molar-refractivity contribution in [2.24, 2.45) is 5.92 Å². The first kappa shape index (κ1) is 14.5. The van der Waals surface area contributed by atoms with Gasteiger partial charge in [0.2, 0.25) is 0 Å². The monoisotopic (exact) mass is 284 g/mol. The van der Waals surface area contributed by atoms with Crippen LogP contribution in [0.5, 0.6) is 11.5 Å². The number of aliphatic hydroxyl groups is 1. The van der Waals surface area contributed by atoms with E-state index in [1.54, 1.807) is 19.2 Å². The van der Waals surface area contributed by atoms with Gasteiger partial charge in [0.05, 0.1) is 19.8 Å². The van der Waals surface area contributed by atoms with Crippen LogP contribution >= 0.6 is 11.6 Å². The van der Waals surface area contributed by atoms with Gasteiger partial charge in [0.15, 0.2) is 11.5 Å². The minimum atomic E-state index is -0.103. The molecule has 1 N–H and O–H groups in total. The second kappa shape index (κ2) is 6.49. The first-order valence-corrected chi connectivity index (χ1v) is 7.15. The molecule has 0 heterocycles. The zero-order valence-corrected chi connectivity index (χ0v) is 12.2. The SMILES string of the molecule is COc1cc(Cl)cc(CO)c1OC1CCCC(C)C1. The van der Waals surface area contributed by atoms with E-state index in [9.17, 15) is 5.11 Å². The molecule has 106 valence electrons. The third-order valence-corrected chi connectivity index (χ3v) is 3.88. The summed E-state index contributed by atoms with van der Waals surface area (Å²) < 4.78 is 11.4. The molecule has 0 bridgehead atoms. The summed E-state index contributed by atoms with van der Waals surface area (Å²) in [5.74, 6) is 1.91. The molecule has 0 radical (unpaired) electrons. The molecule has 0 aromatic heterocycles. The predicted octanol–water partition coefficient (Wildman–Crippen LogP) is 3.80. The Hall–Kier alpha value is -0.930. The molecule has 0 spiro atoms. The summed E-state index contributed by atoms with van der Waals surface area (Å²) in [5.41, 5.74) is 0.683. The molecule has 1 aromatic carbocycles. The highest BCUT2D eigenvalue weighted by Gasteiger charge is 2.23. The fourth-order valence-electron chi connectivity index (χ4n) is 2.68. The minimum Gasteiger partial charge on any atom is -0.493 e. The maximum Gasteiger partial charge on any atom is 0.167 e. The number of hydrogen-bond donors (Lipinski definition) is 1. The van der Waals surface area contributed by atoms with E-state index in [1.807, 2.05) is 0 Å². The summed E-state index contributed by atoms with van der Waals surface area (Å²) in [7, 11) is 1.59. The highest BCUT2D eigenvalue weighted by Crippen LogP contribution is 2.37. The van der Waals surface area contributed by atoms with Gasteiger partial charge in [-0.3, -0.25) is 0 Å². The van der Waals surface area contributed by atoms with Crippen LogP contribution in [0, 0.1) is 5.92 Å². The van der Waals surface area contributed by atoms with Gasteiger partial charge in [0, 0.05) is 16.7 Å². The molecular formula is C15H21ClO3. The lowest BCUT2D eigenvalue weighted by atomic mass is 9.88. The molecule has 1 aliphatic carbocycles. The zero-order chi connectivity index (χ0) is 13.8. The second-order valence-corrected chi connectivity index (χ2v) is 5.70. The van der Waals surface area contributed by atoms with Crippen molar-refractivity contribution >= 4 is 11.6 Å². The largest absolute Gasteiger partial charge is 0.493 e. The lowest BCUT2D eigenvalue weighted by Crippen LogP contribution is -2.24. The minimum absolute atomic E-state index is 0.103. The van der Waals surface area contributed by atoms with Crippen molar-refractivity contribution in [2.45, 2.75) is 45.3 Å². The van der Waals surface area contributed by atoms with Crippen LogP contribution in [0.25, 0.3) is 0 Å². The van der Waals surface area contributed by atoms with Gasteiger partial charge < -0.3 is 14.6 Å². The standard InChI is InChI=1S/C15H21ClO3/c1-10-4-3-5-13(6-10)19-15-11(9-17)7-12(16)8-14(15)18-2/h7-8,10,13,17H,3-6,9H2,1-2H3. The molecule has 1 aliphatic rings. The second-order valence-electron chi connectivity index (χ2n) is 5.27. The van der Waals surface area contributed by atoms with Gasteiger partial charge in [-0.15, -0.1) is 0 Å². The molecule has 0 amide bonds. The number of benzene rings is 1. The van der Waals surface area contributed by atoms with Crippen LogP contribution in [0.2, 0.25) is 5.02 Å². The smallest absolute Gasteiger partial charge is 0.167 e. The van der Waals surface area contributed by atoms with Crippen LogP contribution < -0.4 is 9.47 Å². The Kier molecular flexibility index (Phi) is 4.94. The van der Waals surface area contributed by atoms with Crippen molar-refractivity contribution in [2.75, 3.05) is 7.11 Å². The van der Waals surface area contributed by atoms with Gasteiger partial charge in [-0.05, 0) is 31.2 Å². The van der Waals surface area contributed by atoms with E-state index in [0.717, 1.165) is 12.8 Å². The van der Waals surface area contributed by atoms with Crippen LogP contribution in [0.3, 0.4) is 0 Å². The van der Waals surface area contributed by atoms with Crippen molar-refractivity contribution in [3.05, 3.63) is 22.7 Å². The number of ether oxygens (including phenoxy) is 2. The van der Waals surface area contributed by atoms with Crippen LogP contribution in [0.4, 0.5) is 0 Å². The molecular weight excluding hydrogens is 264 g/mol. The Balaban J connectivity index is 2.22. The number of rotatable bonds is 4. The molecule has 1 saturated carbocycles. The van der Waals surface area contributed by atoms with Crippen molar-refractivity contribution in [1.29, 1.82) is 0 Å². The van der Waals surface area contributed by atoms with Crippen molar-refractivity contribution in [3.8, 4) is 11.5 Å². The van der Waals surface area contributed by atoms with Crippen LogP contribution in [-0.4, -0.2) is 18.3 Å². The lowest BCUT2D eigenvalue weighted by Gasteiger charge is -2.28. The maximum atomic E-state index is 9.45. The maximum absolute atomic E-state index is 9.45. The van der Waals surface area contributed by atoms with Crippen LogP contribution in [0.1, 0.15) is 38.2 Å². The highest BCUT2D eigenvalue weighted by atomic mass is 35.5. The van der Waals surface area contributed by atoms with Gasteiger partial charge in [0.25, 0.3) is 0 Å². The molecule has 3 nitrogen and oxygen atoms in total. The predicted molar refractivity (Wildman–Crippen MR) is 76.0 cm³/mol. The molecule has 0 aliphatic heterocycles. The van der Waals surface area contributed by atoms with Gasteiger partial charge >= 0.3 is 0 Å². The van der Waals surface area contributed by atoms with Gasteiger partial charge in [-0.1, -0.05) is 24.9 Å². The average Bonchev–Trinajstić information content (AvgIpc) is 2.40. The van der Waals surface area contributed by atoms with Crippen molar-refractivity contribution in [1.82, 2.24) is 0 Å².